The predicted octanol–water partition coefficient (Wildman–Crippen LogP) is 15.1. The topological polar surface area (TPSA) is 59.1 Å². The SMILES string of the molecule is C=C(C)C(=O)Oc1ccc(-c2ccc(N(c3ccc(-c4ccc(OC(=O)C(=C)C)cc4)cc3)c3ccc(-c4ccc(N5c6ccccc6Sc6ccccc65)cc4)cc3)cc2)cc1. The van der Waals surface area contributed by atoms with Crippen molar-refractivity contribution in [2.45, 2.75) is 23.6 Å². The number of fused-ring (bicyclic) bond motifs is 2. The summed E-state index contributed by atoms with van der Waals surface area (Å²) >= 11 is 1.81. The van der Waals surface area contributed by atoms with Crippen LogP contribution in [0, 0.1) is 0 Å². The molecule has 0 fully saturated rings. The van der Waals surface area contributed by atoms with E-state index < -0.39 is 11.9 Å². The third kappa shape index (κ3) is 8.69. The molecular formula is C56H42N2O4S. The van der Waals surface area contributed by atoms with Gasteiger partial charge in [-0.2, -0.15) is 0 Å². The van der Waals surface area contributed by atoms with Gasteiger partial charge < -0.3 is 19.3 Å². The van der Waals surface area contributed by atoms with E-state index in [9.17, 15) is 9.59 Å². The molecule has 0 N–H and O–H groups in total. The standard InChI is InChI=1S/C56H42N2O4S/c1-37(2)55(59)61-49-33-21-43(22-34-49)41-15-27-46(28-16-41)57(47-29-17-42(18-30-47)44-23-35-50(36-24-44)62-56(60)38(3)4)45-25-13-39(14-26-45)40-19-31-48(32-20-40)58-51-9-5-7-11-53(51)63-54-12-8-6-10-52(54)58/h5-36H,1,3H2,2,4H3. The molecule has 0 aliphatic carbocycles. The highest BCUT2D eigenvalue weighted by atomic mass is 32.2. The summed E-state index contributed by atoms with van der Waals surface area (Å²) in [7, 11) is 0. The Morgan fingerprint density at radius 2 is 0.730 bits per heavy atom. The minimum atomic E-state index is -0.448. The molecule has 0 radical (unpaired) electrons. The number of para-hydroxylation sites is 2. The number of benzene rings is 8. The molecule has 7 heteroatoms. The van der Waals surface area contributed by atoms with Gasteiger partial charge in [0.1, 0.15) is 11.5 Å². The number of hydrogen-bond acceptors (Lipinski definition) is 7. The van der Waals surface area contributed by atoms with Gasteiger partial charge in [0.15, 0.2) is 0 Å². The molecule has 6 nitrogen and oxygen atoms in total. The molecule has 306 valence electrons. The van der Waals surface area contributed by atoms with Gasteiger partial charge in [0.05, 0.1) is 11.4 Å². The lowest BCUT2D eigenvalue weighted by Crippen LogP contribution is -2.14. The summed E-state index contributed by atoms with van der Waals surface area (Å²) in [5.41, 5.74) is 13.4. The summed E-state index contributed by atoms with van der Waals surface area (Å²) < 4.78 is 10.8. The van der Waals surface area contributed by atoms with Crippen molar-refractivity contribution in [1.29, 1.82) is 0 Å². The lowest BCUT2D eigenvalue weighted by atomic mass is 10.0. The highest BCUT2D eigenvalue weighted by Crippen LogP contribution is 2.51. The molecule has 0 unspecified atom stereocenters. The van der Waals surface area contributed by atoms with E-state index in [0.29, 0.717) is 22.6 Å². The monoisotopic (exact) mass is 838 g/mol. The van der Waals surface area contributed by atoms with Gasteiger partial charge >= 0.3 is 11.9 Å². The van der Waals surface area contributed by atoms with Crippen molar-refractivity contribution in [3.8, 4) is 44.9 Å². The molecule has 0 saturated carbocycles. The van der Waals surface area contributed by atoms with E-state index in [0.717, 1.165) is 56.1 Å². The van der Waals surface area contributed by atoms with Gasteiger partial charge in [0, 0.05) is 43.7 Å². The van der Waals surface area contributed by atoms with Crippen molar-refractivity contribution >= 4 is 57.8 Å². The molecule has 1 heterocycles. The van der Waals surface area contributed by atoms with Crippen LogP contribution in [0.15, 0.2) is 228 Å². The maximum absolute atomic E-state index is 12.0. The van der Waals surface area contributed by atoms with E-state index in [1.165, 1.54) is 21.2 Å². The van der Waals surface area contributed by atoms with Crippen LogP contribution < -0.4 is 19.3 Å². The fourth-order valence-corrected chi connectivity index (χ4v) is 8.52. The largest absolute Gasteiger partial charge is 0.423 e. The minimum Gasteiger partial charge on any atom is -0.423 e. The van der Waals surface area contributed by atoms with E-state index in [2.05, 4.69) is 169 Å². The van der Waals surface area contributed by atoms with E-state index in [1.807, 2.05) is 36.0 Å². The van der Waals surface area contributed by atoms with Crippen molar-refractivity contribution in [2.24, 2.45) is 0 Å². The van der Waals surface area contributed by atoms with Crippen molar-refractivity contribution in [2.75, 3.05) is 9.80 Å². The molecule has 0 saturated heterocycles. The summed E-state index contributed by atoms with van der Waals surface area (Å²) in [4.78, 5) is 31.1. The smallest absolute Gasteiger partial charge is 0.338 e. The Morgan fingerprint density at radius 3 is 1.06 bits per heavy atom. The van der Waals surface area contributed by atoms with Crippen LogP contribution in [0.3, 0.4) is 0 Å². The maximum Gasteiger partial charge on any atom is 0.338 e. The van der Waals surface area contributed by atoms with Crippen molar-refractivity contribution in [3.05, 3.63) is 218 Å². The number of carbonyl (C=O) groups is 2. The number of rotatable bonds is 11. The number of nitrogens with zero attached hydrogens (tertiary/aromatic N) is 2. The van der Waals surface area contributed by atoms with Crippen LogP contribution in [0.4, 0.5) is 34.1 Å². The Balaban J connectivity index is 1.00. The molecule has 0 aromatic heterocycles. The van der Waals surface area contributed by atoms with Crippen LogP contribution >= 0.6 is 11.8 Å². The van der Waals surface area contributed by atoms with Crippen molar-refractivity contribution in [1.82, 2.24) is 0 Å². The van der Waals surface area contributed by atoms with Crippen LogP contribution in [0.5, 0.6) is 11.5 Å². The number of anilines is 6. The molecule has 0 bridgehead atoms. The molecular weight excluding hydrogens is 797 g/mol. The zero-order valence-corrected chi connectivity index (χ0v) is 35.6. The highest BCUT2D eigenvalue weighted by Gasteiger charge is 2.24. The second-order valence-corrected chi connectivity index (χ2v) is 16.4. The average molecular weight is 839 g/mol. The van der Waals surface area contributed by atoms with Crippen LogP contribution in [0.1, 0.15) is 13.8 Å². The second-order valence-electron chi connectivity index (χ2n) is 15.3. The van der Waals surface area contributed by atoms with E-state index >= 15 is 0 Å². The number of carbonyl (C=O) groups excluding carboxylic acids is 2. The summed E-state index contributed by atoms with van der Waals surface area (Å²) in [6.07, 6.45) is 0. The first-order chi connectivity index (χ1) is 30.7. The normalized spacial score (nSPS) is 11.5. The maximum atomic E-state index is 12.0. The molecule has 63 heavy (non-hydrogen) atoms. The molecule has 1 aliphatic heterocycles. The molecule has 8 aromatic carbocycles. The van der Waals surface area contributed by atoms with Gasteiger partial charge in [-0.05, 0) is 144 Å². The zero-order chi connectivity index (χ0) is 43.5. The predicted molar refractivity (Wildman–Crippen MR) is 257 cm³/mol. The van der Waals surface area contributed by atoms with E-state index in [4.69, 9.17) is 9.47 Å². The Labute approximate surface area is 372 Å². The number of hydrogen-bond donors (Lipinski definition) is 0. The van der Waals surface area contributed by atoms with Crippen LogP contribution in [-0.4, -0.2) is 11.9 Å². The van der Waals surface area contributed by atoms with E-state index in [-0.39, 0.29) is 0 Å². The first kappa shape index (κ1) is 40.5. The van der Waals surface area contributed by atoms with Gasteiger partial charge in [-0.15, -0.1) is 0 Å². The zero-order valence-electron chi connectivity index (χ0n) is 34.8. The van der Waals surface area contributed by atoms with Gasteiger partial charge in [-0.25, -0.2) is 9.59 Å². The third-order valence-corrected chi connectivity index (χ3v) is 11.9. The second kappa shape index (κ2) is 17.6. The van der Waals surface area contributed by atoms with Crippen molar-refractivity contribution in [3.63, 3.8) is 0 Å². The lowest BCUT2D eigenvalue weighted by molar-refractivity contribution is -0.130. The van der Waals surface area contributed by atoms with Gasteiger partial charge in [0.25, 0.3) is 0 Å². The van der Waals surface area contributed by atoms with Crippen LogP contribution in [-0.2, 0) is 9.59 Å². The number of esters is 2. The summed E-state index contributed by atoms with van der Waals surface area (Å²) in [6.45, 7) is 10.6. The molecule has 8 aromatic rings. The Morgan fingerprint density at radius 1 is 0.429 bits per heavy atom. The summed E-state index contributed by atoms with van der Waals surface area (Å²) in [5.74, 6) is 0.0428. The summed E-state index contributed by atoms with van der Waals surface area (Å²) in [5, 5.41) is 0. The molecule has 0 amide bonds. The fraction of sp³-hybridized carbons (Fsp3) is 0.0357. The van der Waals surface area contributed by atoms with Crippen LogP contribution in [0.25, 0.3) is 33.4 Å². The number of ether oxygens (including phenoxy) is 2. The lowest BCUT2D eigenvalue weighted by Gasteiger charge is -2.32. The van der Waals surface area contributed by atoms with Crippen LogP contribution in [0.2, 0.25) is 0 Å². The van der Waals surface area contributed by atoms with Crippen molar-refractivity contribution < 1.29 is 19.1 Å². The van der Waals surface area contributed by atoms with E-state index in [1.54, 1.807) is 38.1 Å². The fourth-order valence-electron chi connectivity index (χ4n) is 7.46. The molecule has 9 rings (SSSR count). The first-order valence-corrected chi connectivity index (χ1v) is 21.3. The van der Waals surface area contributed by atoms with Gasteiger partial charge in [-0.3, -0.25) is 0 Å². The highest BCUT2D eigenvalue weighted by molar-refractivity contribution is 7.99. The van der Waals surface area contributed by atoms with Gasteiger partial charge in [-0.1, -0.05) is 122 Å². The quantitative estimate of drug-likeness (QED) is 0.0730. The molecule has 1 aliphatic rings. The summed E-state index contributed by atoms with van der Waals surface area (Å²) in [6, 6.07) is 66.4. The Bertz CT molecular complexity index is 2820. The Hall–Kier alpha value is -7.87. The average Bonchev–Trinajstić information content (AvgIpc) is 3.32. The molecule has 0 spiro atoms. The third-order valence-electron chi connectivity index (χ3n) is 10.8. The van der Waals surface area contributed by atoms with Gasteiger partial charge in [0.2, 0.25) is 0 Å². The minimum absolute atomic E-state index is 0.348. The first-order valence-electron chi connectivity index (χ1n) is 20.5. The Kier molecular flexibility index (Phi) is 11.3. The molecule has 0 atom stereocenters.